The van der Waals surface area contributed by atoms with Gasteiger partial charge in [-0.3, -0.25) is 4.72 Å². The molecule has 2 aromatic rings. The Balaban J connectivity index is 2.17. The van der Waals surface area contributed by atoms with Crippen molar-refractivity contribution >= 4 is 43.4 Å². The lowest BCUT2D eigenvalue weighted by Crippen LogP contribution is -2.24. The van der Waals surface area contributed by atoms with Gasteiger partial charge >= 0.3 is 6.03 Å². The Bertz CT molecular complexity index is 820. The number of benzene rings is 2. The lowest BCUT2D eigenvalue weighted by atomic mass is 10.2. The number of urea groups is 1. The molecule has 0 saturated carbocycles. The molecule has 0 aliphatic carbocycles. The fourth-order valence-electron chi connectivity index (χ4n) is 1.81. The number of sulfonamides is 1. The first-order valence-electron chi connectivity index (χ1n) is 6.69. The van der Waals surface area contributed by atoms with Crippen molar-refractivity contribution in [3.05, 3.63) is 52.5 Å². The van der Waals surface area contributed by atoms with Crippen molar-refractivity contribution in [1.29, 1.82) is 0 Å². The van der Waals surface area contributed by atoms with Crippen LogP contribution in [0.1, 0.15) is 5.56 Å². The van der Waals surface area contributed by atoms with Gasteiger partial charge in [-0.2, -0.15) is 0 Å². The van der Waals surface area contributed by atoms with Crippen LogP contribution in [-0.2, 0) is 10.0 Å². The minimum atomic E-state index is -3.66. The highest BCUT2D eigenvalue weighted by atomic mass is 79.9. The minimum absolute atomic E-state index is 0.186. The number of carbonyl (C=O) groups excluding carboxylic acids is 1. The third kappa shape index (κ3) is 4.46. The van der Waals surface area contributed by atoms with Gasteiger partial charge in [0.05, 0.1) is 4.90 Å². The Morgan fingerprint density at radius 2 is 1.65 bits per heavy atom. The van der Waals surface area contributed by atoms with Gasteiger partial charge in [0, 0.05) is 22.9 Å². The van der Waals surface area contributed by atoms with Gasteiger partial charge in [-0.05, 0) is 55.0 Å². The molecule has 0 aromatic heterocycles. The van der Waals surface area contributed by atoms with Crippen LogP contribution in [-0.4, -0.2) is 21.5 Å². The highest BCUT2D eigenvalue weighted by molar-refractivity contribution is 9.10. The minimum Gasteiger partial charge on any atom is -0.341 e. The molecule has 6 nitrogen and oxygen atoms in total. The molecule has 8 heteroatoms. The molecular weight excluding hydrogens is 382 g/mol. The number of anilines is 2. The van der Waals surface area contributed by atoms with E-state index in [-0.39, 0.29) is 10.9 Å². The number of amides is 2. The Kier molecular flexibility index (Phi) is 5.27. The molecule has 0 spiro atoms. The largest absolute Gasteiger partial charge is 0.341 e. The summed E-state index contributed by atoms with van der Waals surface area (Å²) < 4.78 is 28.1. The van der Waals surface area contributed by atoms with Crippen molar-refractivity contribution in [2.24, 2.45) is 0 Å². The van der Waals surface area contributed by atoms with E-state index in [0.29, 0.717) is 11.4 Å². The van der Waals surface area contributed by atoms with E-state index in [1.165, 1.54) is 13.1 Å². The average Bonchev–Trinajstić information content (AvgIpc) is 2.51. The number of aryl methyl sites for hydroxylation is 1. The topological polar surface area (TPSA) is 87.3 Å². The predicted octanol–water partition coefficient (Wildman–Crippen LogP) is 3.31. The SMILES string of the molecule is CNC(=O)Nc1ccc(NS(=O)(=O)c2ccc(Br)c(C)c2)cc1. The van der Waals surface area contributed by atoms with Crippen molar-refractivity contribution in [2.75, 3.05) is 17.1 Å². The Hall–Kier alpha value is -2.06. The Labute approximate surface area is 143 Å². The van der Waals surface area contributed by atoms with Crippen molar-refractivity contribution in [3.63, 3.8) is 0 Å². The van der Waals surface area contributed by atoms with Gasteiger partial charge in [-0.15, -0.1) is 0 Å². The maximum atomic E-state index is 12.4. The highest BCUT2D eigenvalue weighted by Crippen LogP contribution is 2.22. The van der Waals surface area contributed by atoms with E-state index in [0.717, 1.165) is 10.0 Å². The zero-order valence-corrected chi connectivity index (χ0v) is 15.0. The molecule has 122 valence electrons. The number of hydrogen-bond donors (Lipinski definition) is 3. The summed E-state index contributed by atoms with van der Waals surface area (Å²) in [4.78, 5) is 11.4. The zero-order chi connectivity index (χ0) is 17.0. The normalized spacial score (nSPS) is 10.9. The molecule has 0 bridgehead atoms. The maximum Gasteiger partial charge on any atom is 0.318 e. The van der Waals surface area contributed by atoms with Crippen molar-refractivity contribution in [2.45, 2.75) is 11.8 Å². The van der Waals surface area contributed by atoms with Gasteiger partial charge < -0.3 is 10.6 Å². The molecule has 0 heterocycles. The van der Waals surface area contributed by atoms with E-state index in [9.17, 15) is 13.2 Å². The molecule has 0 atom stereocenters. The summed E-state index contributed by atoms with van der Waals surface area (Å²) in [6.07, 6.45) is 0. The van der Waals surface area contributed by atoms with Crippen molar-refractivity contribution in [1.82, 2.24) is 5.32 Å². The van der Waals surface area contributed by atoms with Gasteiger partial charge in [0.2, 0.25) is 0 Å². The fraction of sp³-hybridized carbons (Fsp3) is 0.133. The van der Waals surface area contributed by atoms with Crippen LogP contribution in [0.3, 0.4) is 0 Å². The van der Waals surface area contributed by atoms with Crippen molar-refractivity contribution < 1.29 is 13.2 Å². The molecular formula is C15H16BrN3O3S. The maximum absolute atomic E-state index is 12.4. The molecule has 3 N–H and O–H groups in total. The number of rotatable bonds is 4. The molecule has 0 aliphatic rings. The second kappa shape index (κ2) is 7.01. The smallest absolute Gasteiger partial charge is 0.318 e. The first kappa shape index (κ1) is 17.3. The average molecular weight is 398 g/mol. The third-order valence-corrected chi connectivity index (χ3v) is 5.33. The fourth-order valence-corrected chi connectivity index (χ4v) is 3.20. The lowest BCUT2D eigenvalue weighted by Gasteiger charge is -2.10. The lowest BCUT2D eigenvalue weighted by molar-refractivity contribution is 0.254. The molecule has 2 amide bonds. The quantitative estimate of drug-likeness (QED) is 0.739. The Morgan fingerprint density at radius 1 is 1.04 bits per heavy atom. The number of nitrogens with one attached hydrogen (secondary N) is 3. The van der Waals surface area contributed by atoms with Crippen LogP contribution in [0, 0.1) is 6.92 Å². The first-order valence-corrected chi connectivity index (χ1v) is 8.97. The molecule has 0 unspecified atom stereocenters. The molecule has 0 saturated heterocycles. The summed E-state index contributed by atoms with van der Waals surface area (Å²) in [7, 11) is -2.15. The summed E-state index contributed by atoms with van der Waals surface area (Å²) in [5.41, 5.74) is 1.80. The predicted molar refractivity (Wildman–Crippen MR) is 94.2 cm³/mol. The van der Waals surface area contributed by atoms with E-state index >= 15 is 0 Å². The van der Waals surface area contributed by atoms with Gasteiger partial charge in [0.25, 0.3) is 10.0 Å². The van der Waals surface area contributed by atoms with Crippen LogP contribution in [0.25, 0.3) is 0 Å². The second-order valence-electron chi connectivity index (χ2n) is 4.80. The highest BCUT2D eigenvalue weighted by Gasteiger charge is 2.15. The summed E-state index contributed by atoms with van der Waals surface area (Å²) in [5.74, 6) is 0. The number of halogens is 1. The van der Waals surface area contributed by atoms with E-state index in [1.54, 1.807) is 36.4 Å². The molecule has 0 aliphatic heterocycles. The summed E-state index contributed by atoms with van der Waals surface area (Å²) in [6.45, 7) is 1.82. The monoisotopic (exact) mass is 397 g/mol. The van der Waals surface area contributed by atoms with Crippen LogP contribution in [0.5, 0.6) is 0 Å². The molecule has 23 heavy (non-hydrogen) atoms. The van der Waals surface area contributed by atoms with Gasteiger partial charge in [-0.25, -0.2) is 13.2 Å². The van der Waals surface area contributed by atoms with E-state index in [1.807, 2.05) is 6.92 Å². The molecule has 0 radical (unpaired) electrons. The molecule has 0 fully saturated rings. The molecule has 2 rings (SSSR count). The number of hydrogen-bond acceptors (Lipinski definition) is 3. The van der Waals surface area contributed by atoms with Crippen molar-refractivity contribution in [3.8, 4) is 0 Å². The number of carbonyl (C=O) groups is 1. The van der Waals surface area contributed by atoms with Gasteiger partial charge in [-0.1, -0.05) is 15.9 Å². The van der Waals surface area contributed by atoms with Crippen LogP contribution >= 0.6 is 15.9 Å². The van der Waals surface area contributed by atoms with Gasteiger partial charge in [0.1, 0.15) is 0 Å². The third-order valence-electron chi connectivity index (χ3n) is 3.06. The van der Waals surface area contributed by atoms with Gasteiger partial charge in [0.15, 0.2) is 0 Å². The second-order valence-corrected chi connectivity index (χ2v) is 7.33. The van der Waals surface area contributed by atoms with E-state index < -0.39 is 10.0 Å². The van der Waals surface area contributed by atoms with Crippen LogP contribution in [0.4, 0.5) is 16.2 Å². The zero-order valence-electron chi connectivity index (χ0n) is 12.6. The summed E-state index contributed by atoms with van der Waals surface area (Å²) in [5, 5.41) is 5.03. The van der Waals surface area contributed by atoms with Crippen LogP contribution in [0.2, 0.25) is 0 Å². The van der Waals surface area contributed by atoms with E-state index in [4.69, 9.17) is 0 Å². The summed E-state index contributed by atoms with van der Waals surface area (Å²) >= 11 is 3.34. The van der Waals surface area contributed by atoms with Crippen LogP contribution < -0.4 is 15.4 Å². The summed E-state index contributed by atoms with van der Waals surface area (Å²) in [6, 6.07) is 10.8. The Morgan fingerprint density at radius 3 is 2.22 bits per heavy atom. The molecule has 2 aromatic carbocycles. The standard InChI is InChI=1S/C15H16BrN3O3S/c1-10-9-13(7-8-14(10)16)23(21,22)19-12-5-3-11(4-6-12)18-15(20)17-2/h3-9,19H,1-2H3,(H2,17,18,20). The van der Waals surface area contributed by atoms with Crippen LogP contribution in [0.15, 0.2) is 51.8 Å². The van der Waals surface area contributed by atoms with E-state index in [2.05, 4.69) is 31.3 Å². The first-order chi connectivity index (χ1) is 10.8.